The molecule has 230 valence electrons. The van der Waals surface area contributed by atoms with Crippen molar-refractivity contribution in [2.45, 2.75) is 57.7 Å². The molecule has 2 amide bonds. The average Bonchev–Trinajstić information content (AvgIpc) is 3.51. The summed E-state index contributed by atoms with van der Waals surface area (Å²) in [6.45, 7) is 1.57. The molecule has 0 aliphatic heterocycles. The third kappa shape index (κ3) is 8.28. The van der Waals surface area contributed by atoms with E-state index in [0.29, 0.717) is 5.75 Å². The minimum absolute atomic E-state index is 0.0530. The molecule has 10 heteroatoms. The summed E-state index contributed by atoms with van der Waals surface area (Å²) in [6.07, 6.45) is 5.22. The normalized spacial score (nSPS) is 14.1. The van der Waals surface area contributed by atoms with Crippen LogP contribution in [0.3, 0.4) is 0 Å². The van der Waals surface area contributed by atoms with Gasteiger partial charge in [-0.2, -0.15) is 0 Å². The molecule has 9 nitrogen and oxygen atoms in total. The summed E-state index contributed by atoms with van der Waals surface area (Å²) < 4.78 is 38.1. The second kappa shape index (κ2) is 14.4. The largest absolute Gasteiger partial charge is 0.497 e. The van der Waals surface area contributed by atoms with Gasteiger partial charge in [0.15, 0.2) is 0 Å². The second-order valence-electron chi connectivity index (χ2n) is 11.0. The predicted molar refractivity (Wildman–Crippen MR) is 168 cm³/mol. The number of ether oxygens (including phenoxy) is 2. The van der Waals surface area contributed by atoms with E-state index in [1.54, 1.807) is 18.2 Å². The molecule has 0 saturated heterocycles. The maximum Gasteiger partial charge on any atom is 0.244 e. The Morgan fingerprint density at radius 2 is 1.63 bits per heavy atom. The van der Waals surface area contributed by atoms with Crippen LogP contribution in [0.15, 0.2) is 72.8 Å². The van der Waals surface area contributed by atoms with Crippen LogP contribution in [0, 0.1) is 6.92 Å². The summed E-state index contributed by atoms with van der Waals surface area (Å²) in [6, 6.07) is 21.1. The van der Waals surface area contributed by atoms with Crippen molar-refractivity contribution < 1.29 is 27.5 Å². The maximum absolute atomic E-state index is 14.4. The zero-order valence-corrected chi connectivity index (χ0v) is 26.1. The van der Waals surface area contributed by atoms with Gasteiger partial charge in [0.1, 0.15) is 24.1 Å². The Labute approximate surface area is 254 Å². The van der Waals surface area contributed by atoms with Crippen molar-refractivity contribution in [3.8, 4) is 11.5 Å². The Bertz CT molecular complexity index is 1510. The fourth-order valence-electron chi connectivity index (χ4n) is 5.48. The number of anilines is 1. The van der Waals surface area contributed by atoms with Gasteiger partial charge >= 0.3 is 0 Å². The quantitative estimate of drug-likeness (QED) is 0.307. The summed E-state index contributed by atoms with van der Waals surface area (Å²) >= 11 is 0. The third-order valence-electron chi connectivity index (χ3n) is 7.91. The molecule has 43 heavy (non-hydrogen) atoms. The Morgan fingerprint density at radius 1 is 0.953 bits per heavy atom. The third-order valence-corrected chi connectivity index (χ3v) is 9.04. The molecule has 3 aromatic carbocycles. The van der Waals surface area contributed by atoms with Crippen molar-refractivity contribution in [2.24, 2.45) is 0 Å². The van der Waals surface area contributed by atoms with Crippen molar-refractivity contribution in [3.63, 3.8) is 0 Å². The lowest BCUT2D eigenvalue weighted by atomic mass is 10.0. The van der Waals surface area contributed by atoms with E-state index in [1.165, 1.54) is 19.1 Å². The lowest BCUT2D eigenvalue weighted by molar-refractivity contribution is -0.140. The number of sulfonamides is 1. The fourth-order valence-corrected chi connectivity index (χ4v) is 6.33. The van der Waals surface area contributed by atoms with E-state index in [4.69, 9.17) is 9.47 Å². The first-order chi connectivity index (χ1) is 20.6. The Kier molecular flexibility index (Phi) is 10.7. The number of carbonyl (C=O) groups is 2. The van der Waals surface area contributed by atoms with E-state index in [9.17, 15) is 18.0 Å². The highest BCUT2D eigenvalue weighted by Crippen LogP contribution is 2.34. The highest BCUT2D eigenvalue weighted by Gasteiger charge is 2.35. The van der Waals surface area contributed by atoms with Gasteiger partial charge in [0.05, 0.1) is 26.2 Å². The van der Waals surface area contributed by atoms with Crippen LogP contribution in [0.1, 0.15) is 42.4 Å². The van der Waals surface area contributed by atoms with Gasteiger partial charge in [-0.15, -0.1) is 0 Å². The van der Waals surface area contributed by atoms with E-state index in [2.05, 4.69) is 5.32 Å². The first kappa shape index (κ1) is 31.9. The molecule has 0 heterocycles. The van der Waals surface area contributed by atoms with Crippen LogP contribution in [0.5, 0.6) is 11.5 Å². The molecule has 1 N–H and O–H groups in total. The first-order valence-electron chi connectivity index (χ1n) is 14.5. The van der Waals surface area contributed by atoms with E-state index in [-0.39, 0.29) is 36.4 Å². The lowest BCUT2D eigenvalue weighted by Crippen LogP contribution is -2.54. The summed E-state index contributed by atoms with van der Waals surface area (Å²) in [5, 5.41) is 3.18. The Hall–Kier alpha value is -4.05. The lowest BCUT2D eigenvalue weighted by Gasteiger charge is -2.34. The number of methoxy groups -OCH3 is 2. The highest BCUT2D eigenvalue weighted by atomic mass is 32.2. The van der Waals surface area contributed by atoms with Gasteiger partial charge in [-0.25, -0.2) is 8.42 Å². The molecule has 1 aliphatic carbocycles. The van der Waals surface area contributed by atoms with Crippen LogP contribution in [0.25, 0.3) is 0 Å². The van der Waals surface area contributed by atoms with E-state index in [1.807, 2.05) is 61.5 Å². The molecule has 1 atom stereocenters. The Morgan fingerprint density at radius 3 is 2.26 bits per heavy atom. The summed E-state index contributed by atoms with van der Waals surface area (Å²) in [5.41, 5.74) is 2.93. The fraction of sp³-hybridized carbons (Fsp3) is 0.394. The minimum atomic E-state index is -3.94. The summed E-state index contributed by atoms with van der Waals surface area (Å²) in [4.78, 5) is 29.9. The van der Waals surface area contributed by atoms with Gasteiger partial charge in [-0.05, 0) is 48.6 Å². The monoisotopic (exact) mass is 607 g/mol. The van der Waals surface area contributed by atoms with Gasteiger partial charge in [0.25, 0.3) is 0 Å². The number of hydrogen-bond donors (Lipinski definition) is 1. The summed E-state index contributed by atoms with van der Waals surface area (Å²) in [5.74, 6) is -0.0319. The molecular weight excluding hydrogens is 566 g/mol. The van der Waals surface area contributed by atoms with Crippen molar-refractivity contribution in [1.82, 2.24) is 10.2 Å². The van der Waals surface area contributed by atoms with Crippen molar-refractivity contribution in [1.29, 1.82) is 0 Å². The van der Waals surface area contributed by atoms with Crippen molar-refractivity contribution in [2.75, 3.05) is 31.3 Å². The van der Waals surface area contributed by atoms with Crippen LogP contribution in [0.4, 0.5) is 5.69 Å². The number of carbonyl (C=O) groups excluding carboxylic acids is 2. The second-order valence-corrected chi connectivity index (χ2v) is 12.9. The van der Waals surface area contributed by atoms with E-state index >= 15 is 0 Å². The molecule has 4 rings (SSSR count). The van der Waals surface area contributed by atoms with Crippen LogP contribution in [-0.4, -0.2) is 64.2 Å². The molecule has 3 aromatic rings. The smallest absolute Gasteiger partial charge is 0.244 e. The van der Waals surface area contributed by atoms with Crippen LogP contribution in [-0.2, 0) is 32.6 Å². The van der Waals surface area contributed by atoms with E-state index < -0.39 is 28.5 Å². The zero-order chi connectivity index (χ0) is 31.0. The van der Waals surface area contributed by atoms with Gasteiger partial charge in [-0.3, -0.25) is 13.9 Å². The number of aryl methyl sites for hydroxylation is 1. The Balaban J connectivity index is 1.76. The number of amides is 2. The molecule has 0 radical (unpaired) electrons. The number of benzene rings is 3. The van der Waals surface area contributed by atoms with Crippen LogP contribution >= 0.6 is 0 Å². The van der Waals surface area contributed by atoms with Crippen molar-refractivity contribution in [3.05, 3.63) is 89.5 Å². The van der Waals surface area contributed by atoms with Gasteiger partial charge in [-0.1, -0.05) is 67.4 Å². The van der Waals surface area contributed by atoms with Gasteiger partial charge in [0.2, 0.25) is 21.8 Å². The minimum Gasteiger partial charge on any atom is -0.497 e. The molecule has 1 aliphatic rings. The molecule has 0 aromatic heterocycles. The number of nitrogens with one attached hydrogen (secondary N) is 1. The topological polar surface area (TPSA) is 105 Å². The zero-order valence-electron chi connectivity index (χ0n) is 25.3. The average molecular weight is 608 g/mol. The molecule has 1 unspecified atom stereocenters. The van der Waals surface area contributed by atoms with E-state index in [0.717, 1.165) is 52.9 Å². The van der Waals surface area contributed by atoms with Crippen LogP contribution < -0.4 is 19.1 Å². The first-order valence-corrected chi connectivity index (χ1v) is 16.3. The maximum atomic E-state index is 14.4. The number of rotatable bonds is 13. The summed E-state index contributed by atoms with van der Waals surface area (Å²) in [7, 11) is -1.01. The molecule has 0 bridgehead atoms. The van der Waals surface area contributed by atoms with Gasteiger partial charge in [0, 0.05) is 25.1 Å². The molecule has 1 fully saturated rings. The molecule has 1 saturated carbocycles. The van der Waals surface area contributed by atoms with Crippen molar-refractivity contribution >= 4 is 27.5 Å². The van der Waals surface area contributed by atoms with Crippen LogP contribution in [0.2, 0.25) is 0 Å². The SMILES string of the molecule is COc1ccc(N(CC(=O)N(Cc2ccccc2C)C(Cc2ccccc2)C(=O)NC2CCCC2)S(C)(=O)=O)c(OC)c1. The molecular formula is C33H41N3O6S. The number of nitrogens with zero attached hydrogens (tertiary/aromatic N) is 2. The highest BCUT2D eigenvalue weighted by molar-refractivity contribution is 7.92. The molecule has 0 spiro atoms. The number of hydrogen-bond acceptors (Lipinski definition) is 6. The van der Waals surface area contributed by atoms with Gasteiger partial charge < -0.3 is 19.7 Å². The predicted octanol–water partition coefficient (Wildman–Crippen LogP) is 4.48. The standard InChI is InChI=1S/C33H41N3O6S/c1-24-12-8-9-15-26(24)22-35(30(20-25-13-6-5-7-14-25)33(38)34-27-16-10-11-17-27)32(37)23-36(43(4,39)40)29-19-18-28(41-2)21-31(29)42-3/h5-9,12-15,18-19,21,27,30H,10-11,16-17,20,22-23H2,1-4H3,(H,34,38).